The quantitative estimate of drug-likeness (QED) is 0.873. The van der Waals surface area contributed by atoms with Gasteiger partial charge in [0, 0.05) is 18.0 Å². The van der Waals surface area contributed by atoms with Crippen LogP contribution in [0, 0.1) is 5.92 Å². The van der Waals surface area contributed by atoms with Crippen LogP contribution < -0.4 is 15.2 Å². The Morgan fingerprint density at radius 2 is 2.06 bits per heavy atom. The van der Waals surface area contributed by atoms with Crippen LogP contribution in [0.15, 0.2) is 18.2 Å². The highest BCUT2D eigenvalue weighted by molar-refractivity contribution is 5.43. The average molecular weight is 247 g/mol. The molecule has 3 heteroatoms. The molecule has 1 fully saturated rings. The Hall–Kier alpha value is -1.22. The van der Waals surface area contributed by atoms with Gasteiger partial charge in [0.1, 0.15) is 17.6 Å². The van der Waals surface area contributed by atoms with E-state index < -0.39 is 0 Å². The van der Waals surface area contributed by atoms with Gasteiger partial charge < -0.3 is 15.2 Å². The highest BCUT2D eigenvalue weighted by Gasteiger charge is 2.33. The Kier molecular flexibility index (Phi) is 3.16. The zero-order chi connectivity index (χ0) is 12.5. The molecule has 2 N–H and O–H groups in total. The van der Waals surface area contributed by atoms with Gasteiger partial charge >= 0.3 is 0 Å². The van der Waals surface area contributed by atoms with E-state index in [9.17, 15) is 0 Å². The summed E-state index contributed by atoms with van der Waals surface area (Å²) >= 11 is 0. The Balaban J connectivity index is 1.83. The van der Waals surface area contributed by atoms with Crippen molar-refractivity contribution in [1.82, 2.24) is 0 Å². The lowest BCUT2D eigenvalue weighted by Crippen LogP contribution is -2.34. The van der Waals surface area contributed by atoms with Crippen molar-refractivity contribution in [3.8, 4) is 11.5 Å². The third kappa shape index (κ3) is 2.07. The van der Waals surface area contributed by atoms with E-state index in [2.05, 4.69) is 0 Å². The molecule has 18 heavy (non-hydrogen) atoms. The van der Waals surface area contributed by atoms with Crippen molar-refractivity contribution in [2.24, 2.45) is 11.7 Å². The molecule has 0 radical (unpaired) electrons. The van der Waals surface area contributed by atoms with E-state index in [1.807, 2.05) is 18.2 Å². The highest BCUT2D eigenvalue weighted by Crippen LogP contribution is 2.41. The van der Waals surface area contributed by atoms with Crippen LogP contribution in [-0.2, 0) is 0 Å². The van der Waals surface area contributed by atoms with Gasteiger partial charge in [0.2, 0.25) is 0 Å². The Morgan fingerprint density at radius 1 is 1.28 bits per heavy atom. The van der Waals surface area contributed by atoms with Crippen molar-refractivity contribution in [3.63, 3.8) is 0 Å². The van der Waals surface area contributed by atoms with Crippen LogP contribution in [0.2, 0.25) is 0 Å². The van der Waals surface area contributed by atoms with Crippen molar-refractivity contribution in [3.05, 3.63) is 23.8 Å². The summed E-state index contributed by atoms with van der Waals surface area (Å²) in [4.78, 5) is 0. The van der Waals surface area contributed by atoms with Crippen molar-refractivity contribution >= 4 is 0 Å². The number of hydrogen-bond acceptors (Lipinski definition) is 3. The predicted molar refractivity (Wildman–Crippen MR) is 70.9 cm³/mol. The van der Waals surface area contributed by atoms with Crippen LogP contribution in [-0.4, -0.2) is 13.2 Å². The zero-order valence-electron chi connectivity index (χ0n) is 10.9. The molecule has 3 rings (SSSR count). The van der Waals surface area contributed by atoms with E-state index in [0.29, 0.717) is 12.0 Å². The topological polar surface area (TPSA) is 44.5 Å². The largest absolute Gasteiger partial charge is 0.497 e. The van der Waals surface area contributed by atoms with Gasteiger partial charge in [-0.25, -0.2) is 0 Å². The average Bonchev–Trinajstić information content (AvgIpc) is 2.92. The van der Waals surface area contributed by atoms with E-state index in [-0.39, 0.29) is 6.04 Å². The van der Waals surface area contributed by atoms with Gasteiger partial charge in [0.05, 0.1) is 7.11 Å². The van der Waals surface area contributed by atoms with Gasteiger partial charge in [-0.1, -0.05) is 12.8 Å². The molecule has 1 aliphatic carbocycles. The van der Waals surface area contributed by atoms with Crippen LogP contribution >= 0.6 is 0 Å². The fourth-order valence-electron chi connectivity index (χ4n) is 3.26. The molecule has 1 saturated carbocycles. The molecule has 2 atom stereocenters. The van der Waals surface area contributed by atoms with Gasteiger partial charge in [0.25, 0.3) is 0 Å². The number of methoxy groups -OCH3 is 1. The smallest absolute Gasteiger partial charge is 0.124 e. The molecule has 2 aliphatic rings. The van der Waals surface area contributed by atoms with Crippen molar-refractivity contribution in [2.75, 3.05) is 7.11 Å². The lowest BCUT2D eigenvalue weighted by Gasteiger charge is -2.33. The minimum absolute atomic E-state index is 0.0782. The number of fused-ring (bicyclic) bond motifs is 1. The van der Waals surface area contributed by atoms with Gasteiger partial charge in [-0.15, -0.1) is 0 Å². The molecule has 0 aromatic heterocycles. The van der Waals surface area contributed by atoms with Crippen molar-refractivity contribution in [2.45, 2.75) is 44.2 Å². The molecule has 3 nitrogen and oxygen atoms in total. The SMILES string of the molecule is COc1ccc2c(c1)[C@@H](N)CC(C1CCCC1)O2. The van der Waals surface area contributed by atoms with Crippen LogP contribution in [0.1, 0.15) is 43.7 Å². The molecule has 1 heterocycles. The number of nitrogens with two attached hydrogens (primary N) is 1. The van der Waals surface area contributed by atoms with Crippen molar-refractivity contribution in [1.29, 1.82) is 0 Å². The van der Waals surface area contributed by atoms with Gasteiger partial charge in [0.15, 0.2) is 0 Å². The lowest BCUT2D eigenvalue weighted by molar-refractivity contribution is 0.101. The van der Waals surface area contributed by atoms with Crippen LogP contribution in [0.4, 0.5) is 0 Å². The Morgan fingerprint density at radius 3 is 2.78 bits per heavy atom. The number of benzene rings is 1. The first kappa shape index (κ1) is 11.8. The maximum absolute atomic E-state index is 6.29. The first-order chi connectivity index (χ1) is 8.78. The predicted octanol–water partition coefficient (Wildman–Crippen LogP) is 3.04. The molecule has 0 spiro atoms. The monoisotopic (exact) mass is 247 g/mol. The highest BCUT2D eigenvalue weighted by atomic mass is 16.5. The normalized spacial score (nSPS) is 27.7. The summed E-state index contributed by atoms with van der Waals surface area (Å²) in [5, 5.41) is 0. The summed E-state index contributed by atoms with van der Waals surface area (Å²) in [5.74, 6) is 2.50. The van der Waals surface area contributed by atoms with Gasteiger partial charge in [-0.3, -0.25) is 0 Å². The van der Waals surface area contributed by atoms with Crippen LogP contribution in [0.25, 0.3) is 0 Å². The second-order valence-corrected chi connectivity index (χ2v) is 5.45. The number of rotatable bonds is 2. The summed E-state index contributed by atoms with van der Waals surface area (Å²) in [6, 6.07) is 6.03. The standard InChI is InChI=1S/C15H21NO2/c1-17-11-6-7-14-12(8-11)13(16)9-15(18-14)10-4-2-3-5-10/h6-8,10,13,15H,2-5,9,16H2,1H3/t13-,15?/m0/s1. The maximum atomic E-state index is 6.29. The van der Waals surface area contributed by atoms with Crippen molar-refractivity contribution < 1.29 is 9.47 Å². The number of hydrogen-bond donors (Lipinski definition) is 1. The first-order valence-electron chi connectivity index (χ1n) is 6.88. The molecule has 1 aromatic carbocycles. The zero-order valence-corrected chi connectivity index (χ0v) is 10.9. The molecule has 0 bridgehead atoms. The summed E-state index contributed by atoms with van der Waals surface area (Å²) in [6.45, 7) is 0. The van der Waals surface area contributed by atoms with Gasteiger partial charge in [-0.2, -0.15) is 0 Å². The fourth-order valence-corrected chi connectivity index (χ4v) is 3.26. The van der Waals surface area contributed by atoms with E-state index in [0.717, 1.165) is 23.5 Å². The molecule has 1 unspecified atom stereocenters. The summed E-state index contributed by atoms with van der Waals surface area (Å²) in [5.41, 5.74) is 7.38. The van der Waals surface area contributed by atoms with Crippen LogP contribution in [0.5, 0.6) is 11.5 Å². The Bertz CT molecular complexity index is 427. The summed E-state index contributed by atoms with van der Waals surface area (Å²) in [7, 11) is 1.68. The fraction of sp³-hybridized carbons (Fsp3) is 0.600. The van der Waals surface area contributed by atoms with E-state index in [1.54, 1.807) is 7.11 Å². The third-order valence-corrected chi connectivity index (χ3v) is 4.31. The molecular formula is C15H21NO2. The van der Waals surface area contributed by atoms with E-state index in [1.165, 1.54) is 25.7 Å². The molecule has 0 saturated heterocycles. The van der Waals surface area contributed by atoms with Crippen LogP contribution in [0.3, 0.4) is 0 Å². The molecule has 1 aliphatic heterocycles. The first-order valence-corrected chi connectivity index (χ1v) is 6.88. The van der Waals surface area contributed by atoms with Gasteiger partial charge in [-0.05, 0) is 37.0 Å². The maximum Gasteiger partial charge on any atom is 0.124 e. The van der Waals surface area contributed by atoms with E-state index in [4.69, 9.17) is 15.2 Å². The lowest BCUT2D eigenvalue weighted by atomic mass is 9.89. The molecule has 0 amide bonds. The van der Waals surface area contributed by atoms with E-state index >= 15 is 0 Å². The Labute approximate surface area is 108 Å². The number of ether oxygens (including phenoxy) is 2. The molecular weight excluding hydrogens is 226 g/mol. The second-order valence-electron chi connectivity index (χ2n) is 5.45. The summed E-state index contributed by atoms with van der Waals surface area (Å²) in [6.07, 6.45) is 6.52. The second kappa shape index (κ2) is 4.81. The molecule has 1 aromatic rings. The minimum atomic E-state index is 0.0782. The molecule has 98 valence electrons. The minimum Gasteiger partial charge on any atom is -0.497 e. The third-order valence-electron chi connectivity index (χ3n) is 4.31. The summed E-state index contributed by atoms with van der Waals surface area (Å²) < 4.78 is 11.4.